The summed E-state index contributed by atoms with van der Waals surface area (Å²) < 4.78 is 0. The topological polar surface area (TPSA) is 41.1 Å². The minimum absolute atomic E-state index is 0.654. The van der Waals surface area contributed by atoms with Crippen molar-refractivity contribution in [2.45, 2.75) is 32.0 Å². The molecule has 1 fully saturated rings. The maximum atomic E-state index is 6.24. The number of halogens is 1. The molecule has 1 saturated carbocycles. The normalized spacial score (nSPS) is 14.2. The van der Waals surface area contributed by atoms with Crippen molar-refractivity contribution in [3.8, 4) is 0 Å². The molecule has 0 radical (unpaired) electrons. The fourth-order valence-electron chi connectivity index (χ4n) is 2.18. The monoisotopic (exact) mass is 302 g/mol. The molecule has 2 heterocycles. The van der Waals surface area contributed by atoms with Gasteiger partial charge in [-0.25, -0.2) is 4.98 Å². The quantitative estimate of drug-likeness (QED) is 0.890. The van der Waals surface area contributed by atoms with E-state index in [-0.39, 0.29) is 0 Å². The van der Waals surface area contributed by atoms with E-state index in [0.29, 0.717) is 6.04 Å². The lowest BCUT2D eigenvalue weighted by Crippen LogP contribution is -2.20. The molecule has 0 bridgehead atoms. The Hall–Kier alpha value is -1.65. The van der Waals surface area contributed by atoms with Crippen LogP contribution in [0.2, 0.25) is 5.02 Å². The van der Waals surface area contributed by atoms with Crippen LogP contribution >= 0.6 is 11.6 Å². The summed E-state index contributed by atoms with van der Waals surface area (Å²) in [6.45, 7) is 1.53. The molecule has 1 aliphatic carbocycles. The number of rotatable bonds is 6. The highest BCUT2D eigenvalue weighted by Crippen LogP contribution is 2.23. The van der Waals surface area contributed by atoms with Crippen molar-refractivity contribution >= 4 is 17.4 Å². The summed E-state index contributed by atoms with van der Waals surface area (Å²) in [5.74, 6) is 0.934. The highest BCUT2D eigenvalue weighted by Gasteiger charge is 2.20. The zero-order valence-corrected chi connectivity index (χ0v) is 12.8. The van der Waals surface area contributed by atoms with E-state index in [4.69, 9.17) is 11.6 Å². The highest BCUT2D eigenvalue weighted by molar-refractivity contribution is 6.31. The number of nitrogens with one attached hydrogen (secondary N) is 1. The summed E-state index contributed by atoms with van der Waals surface area (Å²) in [4.78, 5) is 10.8. The van der Waals surface area contributed by atoms with Gasteiger partial charge in [-0.15, -0.1) is 0 Å². The first-order valence-electron chi connectivity index (χ1n) is 7.21. The van der Waals surface area contributed by atoms with Crippen LogP contribution in [0, 0.1) is 0 Å². The fraction of sp³-hybridized carbons (Fsp3) is 0.375. The van der Waals surface area contributed by atoms with Crippen LogP contribution in [-0.2, 0) is 13.1 Å². The van der Waals surface area contributed by atoms with Crippen LogP contribution in [0.15, 0.2) is 36.7 Å². The first-order chi connectivity index (χ1) is 10.2. The lowest BCUT2D eigenvalue weighted by molar-refractivity contribution is 0.673. The highest BCUT2D eigenvalue weighted by atomic mass is 35.5. The molecular weight excluding hydrogens is 284 g/mol. The van der Waals surface area contributed by atoms with E-state index < -0.39 is 0 Å². The first kappa shape index (κ1) is 14.3. The van der Waals surface area contributed by atoms with Gasteiger partial charge in [0.25, 0.3) is 0 Å². The second kappa shape index (κ2) is 6.41. The molecule has 0 aliphatic heterocycles. The SMILES string of the molecule is CN(Cc1ccncc1)c1ccc(Cl)c(CNC2CC2)n1. The zero-order valence-electron chi connectivity index (χ0n) is 12.1. The van der Waals surface area contributed by atoms with Gasteiger partial charge in [-0.2, -0.15) is 0 Å². The van der Waals surface area contributed by atoms with E-state index in [1.165, 1.54) is 18.4 Å². The van der Waals surface area contributed by atoms with Gasteiger partial charge in [0.05, 0.1) is 10.7 Å². The van der Waals surface area contributed by atoms with Crippen molar-refractivity contribution in [3.05, 3.63) is 52.9 Å². The molecule has 0 aromatic carbocycles. The lowest BCUT2D eigenvalue weighted by atomic mass is 10.2. The average Bonchev–Trinajstić information content (AvgIpc) is 3.31. The number of hydrogen-bond donors (Lipinski definition) is 1. The van der Waals surface area contributed by atoms with Crippen LogP contribution in [0.25, 0.3) is 0 Å². The summed E-state index contributed by atoms with van der Waals surface area (Å²) in [6.07, 6.45) is 6.14. The molecule has 5 heteroatoms. The van der Waals surface area contributed by atoms with Gasteiger partial charge in [-0.05, 0) is 42.7 Å². The Balaban J connectivity index is 1.69. The van der Waals surface area contributed by atoms with Gasteiger partial charge in [0, 0.05) is 38.6 Å². The van der Waals surface area contributed by atoms with Crippen molar-refractivity contribution in [1.29, 1.82) is 0 Å². The van der Waals surface area contributed by atoms with Crippen molar-refractivity contribution in [2.75, 3.05) is 11.9 Å². The molecule has 1 aliphatic rings. The van der Waals surface area contributed by atoms with Gasteiger partial charge in [0.2, 0.25) is 0 Å². The van der Waals surface area contributed by atoms with Crippen LogP contribution < -0.4 is 10.2 Å². The van der Waals surface area contributed by atoms with Gasteiger partial charge in [0.1, 0.15) is 5.82 Å². The molecule has 0 amide bonds. The molecule has 0 spiro atoms. The summed E-state index contributed by atoms with van der Waals surface area (Å²) in [7, 11) is 2.04. The van der Waals surface area contributed by atoms with Gasteiger partial charge in [-0.1, -0.05) is 11.6 Å². The molecule has 1 N–H and O–H groups in total. The molecule has 2 aromatic heterocycles. The Kier molecular flexibility index (Phi) is 4.36. The zero-order chi connectivity index (χ0) is 14.7. The molecule has 2 aromatic rings. The van der Waals surface area contributed by atoms with Gasteiger partial charge < -0.3 is 10.2 Å². The smallest absolute Gasteiger partial charge is 0.129 e. The van der Waals surface area contributed by atoms with E-state index >= 15 is 0 Å². The Morgan fingerprint density at radius 3 is 2.71 bits per heavy atom. The minimum Gasteiger partial charge on any atom is -0.355 e. The first-order valence-corrected chi connectivity index (χ1v) is 7.59. The number of pyridine rings is 2. The van der Waals surface area contributed by atoms with E-state index in [2.05, 4.69) is 20.2 Å². The number of hydrogen-bond acceptors (Lipinski definition) is 4. The molecule has 0 atom stereocenters. The van der Waals surface area contributed by atoms with Crippen LogP contribution in [-0.4, -0.2) is 23.1 Å². The maximum Gasteiger partial charge on any atom is 0.129 e. The lowest BCUT2D eigenvalue weighted by Gasteiger charge is -2.19. The fourth-order valence-corrected chi connectivity index (χ4v) is 2.35. The van der Waals surface area contributed by atoms with Crippen molar-refractivity contribution in [1.82, 2.24) is 15.3 Å². The molecule has 0 saturated heterocycles. The van der Waals surface area contributed by atoms with Crippen molar-refractivity contribution < 1.29 is 0 Å². The van der Waals surface area contributed by atoms with Crippen LogP contribution in [0.4, 0.5) is 5.82 Å². The summed E-state index contributed by atoms with van der Waals surface area (Å²) in [6, 6.07) is 8.58. The Morgan fingerprint density at radius 1 is 1.24 bits per heavy atom. The summed E-state index contributed by atoms with van der Waals surface area (Å²) in [5.41, 5.74) is 2.13. The Morgan fingerprint density at radius 2 is 2.00 bits per heavy atom. The standard InChI is InChI=1S/C16H19ClN4/c1-21(11-12-6-8-18-9-7-12)16-5-4-14(17)15(20-16)10-19-13-2-3-13/h4-9,13,19H,2-3,10-11H2,1H3. The Bertz CT molecular complexity index is 598. The maximum absolute atomic E-state index is 6.24. The number of nitrogens with zero attached hydrogens (tertiary/aromatic N) is 3. The second-order valence-corrected chi connectivity index (χ2v) is 5.87. The van der Waals surface area contributed by atoms with Gasteiger partial charge in [-0.3, -0.25) is 4.98 Å². The molecule has 0 unspecified atom stereocenters. The minimum atomic E-state index is 0.654. The molecule has 4 nitrogen and oxygen atoms in total. The third-order valence-corrected chi connectivity index (χ3v) is 3.94. The summed E-state index contributed by atoms with van der Waals surface area (Å²) >= 11 is 6.24. The Labute approximate surface area is 130 Å². The van der Waals surface area contributed by atoms with E-state index in [9.17, 15) is 0 Å². The number of anilines is 1. The number of aromatic nitrogens is 2. The van der Waals surface area contributed by atoms with E-state index in [0.717, 1.165) is 29.6 Å². The second-order valence-electron chi connectivity index (χ2n) is 5.46. The molecular formula is C16H19ClN4. The van der Waals surface area contributed by atoms with Crippen molar-refractivity contribution in [3.63, 3.8) is 0 Å². The predicted molar refractivity (Wildman–Crippen MR) is 85.5 cm³/mol. The summed E-state index contributed by atoms with van der Waals surface area (Å²) in [5, 5.41) is 4.18. The van der Waals surface area contributed by atoms with Crippen LogP contribution in [0.1, 0.15) is 24.1 Å². The largest absolute Gasteiger partial charge is 0.355 e. The predicted octanol–water partition coefficient (Wildman–Crippen LogP) is 3.02. The van der Waals surface area contributed by atoms with E-state index in [1.54, 1.807) is 0 Å². The molecule has 110 valence electrons. The van der Waals surface area contributed by atoms with Crippen LogP contribution in [0.5, 0.6) is 0 Å². The molecule has 21 heavy (non-hydrogen) atoms. The van der Waals surface area contributed by atoms with Crippen LogP contribution in [0.3, 0.4) is 0 Å². The average molecular weight is 303 g/mol. The van der Waals surface area contributed by atoms with Crippen molar-refractivity contribution in [2.24, 2.45) is 0 Å². The van der Waals surface area contributed by atoms with Gasteiger partial charge in [0.15, 0.2) is 0 Å². The third-order valence-electron chi connectivity index (χ3n) is 3.60. The molecule has 3 rings (SSSR count). The van der Waals surface area contributed by atoms with Gasteiger partial charge >= 0.3 is 0 Å². The van der Waals surface area contributed by atoms with E-state index in [1.807, 2.05) is 43.7 Å². The third kappa shape index (κ3) is 3.93.